The van der Waals surface area contributed by atoms with Gasteiger partial charge in [-0.25, -0.2) is 0 Å². The lowest BCUT2D eigenvalue weighted by Gasteiger charge is -2.26. The Labute approximate surface area is 146 Å². The van der Waals surface area contributed by atoms with Crippen LogP contribution in [0.2, 0.25) is 0 Å². The summed E-state index contributed by atoms with van der Waals surface area (Å²) >= 11 is 0. The Morgan fingerprint density at radius 3 is 2.33 bits per heavy atom. The van der Waals surface area contributed by atoms with E-state index in [2.05, 4.69) is 17.0 Å². The molecule has 24 heavy (non-hydrogen) atoms. The summed E-state index contributed by atoms with van der Waals surface area (Å²) in [4.78, 5) is 2.30. The van der Waals surface area contributed by atoms with Gasteiger partial charge in [0.15, 0.2) is 0 Å². The van der Waals surface area contributed by atoms with Gasteiger partial charge in [0, 0.05) is 19.6 Å². The lowest BCUT2D eigenvalue weighted by atomic mass is 9.97. The van der Waals surface area contributed by atoms with E-state index in [-0.39, 0.29) is 12.4 Å². The first-order valence-electron chi connectivity index (χ1n) is 7.65. The summed E-state index contributed by atoms with van der Waals surface area (Å²) in [6.45, 7) is 2.49. The Morgan fingerprint density at radius 1 is 0.958 bits per heavy atom. The van der Waals surface area contributed by atoms with E-state index in [1.54, 1.807) is 6.07 Å². The Morgan fingerprint density at radius 2 is 1.71 bits per heavy atom. The van der Waals surface area contributed by atoms with Crippen molar-refractivity contribution in [2.45, 2.75) is 19.1 Å². The first kappa shape index (κ1) is 18.6. The Bertz CT molecular complexity index is 695. The molecule has 0 aromatic heterocycles. The summed E-state index contributed by atoms with van der Waals surface area (Å²) in [6.07, 6.45) is -1.47. The van der Waals surface area contributed by atoms with Crippen molar-refractivity contribution in [1.82, 2.24) is 4.90 Å². The van der Waals surface area contributed by atoms with Crippen molar-refractivity contribution in [2.75, 3.05) is 13.1 Å². The number of hydrogen-bond donors (Lipinski definition) is 0. The molecule has 2 aromatic rings. The highest BCUT2D eigenvalue weighted by Crippen LogP contribution is 2.32. The van der Waals surface area contributed by atoms with Crippen LogP contribution in [0.3, 0.4) is 0 Å². The third-order valence-corrected chi connectivity index (χ3v) is 4.10. The monoisotopic (exact) mass is 353 g/mol. The quantitative estimate of drug-likeness (QED) is 0.712. The Kier molecular flexibility index (Phi) is 6.08. The fourth-order valence-electron chi connectivity index (χ4n) is 2.85. The maximum Gasteiger partial charge on any atom is 0.416 e. The van der Waals surface area contributed by atoms with Crippen LogP contribution in [0.4, 0.5) is 13.2 Å². The van der Waals surface area contributed by atoms with E-state index in [0.29, 0.717) is 5.56 Å². The third kappa shape index (κ3) is 4.62. The molecule has 0 saturated carbocycles. The predicted molar refractivity (Wildman–Crippen MR) is 93.0 cm³/mol. The molecule has 0 fully saturated rings. The van der Waals surface area contributed by atoms with Crippen molar-refractivity contribution in [3.8, 4) is 0 Å². The second-order valence-electron chi connectivity index (χ2n) is 5.78. The highest BCUT2D eigenvalue weighted by atomic mass is 35.5. The zero-order valence-corrected chi connectivity index (χ0v) is 13.9. The molecule has 0 saturated heterocycles. The highest BCUT2D eigenvalue weighted by Gasteiger charge is 2.30. The SMILES string of the molecule is Cl.FC(F)(F)c1cccc(C2=CCN(Cc3ccccc3)CC2)c1. The van der Waals surface area contributed by atoms with Crippen LogP contribution in [0.25, 0.3) is 5.57 Å². The van der Waals surface area contributed by atoms with Crippen LogP contribution in [0.15, 0.2) is 60.7 Å². The van der Waals surface area contributed by atoms with Gasteiger partial charge in [-0.1, -0.05) is 48.5 Å². The second-order valence-corrected chi connectivity index (χ2v) is 5.78. The van der Waals surface area contributed by atoms with Crippen LogP contribution < -0.4 is 0 Å². The van der Waals surface area contributed by atoms with E-state index in [1.165, 1.54) is 17.7 Å². The van der Waals surface area contributed by atoms with Gasteiger partial charge in [-0.2, -0.15) is 13.2 Å². The largest absolute Gasteiger partial charge is 0.416 e. The first-order chi connectivity index (χ1) is 11.0. The van der Waals surface area contributed by atoms with Crippen molar-refractivity contribution in [1.29, 1.82) is 0 Å². The van der Waals surface area contributed by atoms with Gasteiger partial charge in [-0.3, -0.25) is 4.90 Å². The Hall–Kier alpha value is -1.78. The number of rotatable bonds is 3. The van der Waals surface area contributed by atoms with Crippen LogP contribution >= 0.6 is 12.4 Å². The fourth-order valence-corrected chi connectivity index (χ4v) is 2.85. The van der Waals surface area contributed by atoms with Gasteiger partial charge in [0.05, 0.1) is 5.56 Å². The smallest absolute Gasteiger partial charge is 0.295 e. The molecule has 0 bridgehead atoms. The number of benzene rings is 2. The van der Waals surface area contributed by atoms with Gasteiger partial charge >= 0.3 is 6.18 Å². The van der Waals surface area contributed by atoms with Crippen LogP contribution in [0, 0.1) is 0 Å². The molecule has 2 aromatic carbocycles. The molecule has 0 N–H and O–H groups in total. The molecule has 0 radical (unpaired) electrons. The number of hydrogen-bond acceptors (Lipinski definition) is 1. The van der Waals surface area contributed by atoms with Crippen LogP contribution in [-0.4, -0.2) is 18.0 Å². The minimum Gasteiger partial charge on any atom is -0.295 e. The minimum atomic E-state index is -4.29. The highest BCUT2D eigenvalue weighted by molar-refractivity contribution is 5.85. The predicted octanol–water partition coefficient (Wildman–Crippen LogP) is 5.42. The van der Waals surface area contributed by atoms with Gasteiger partial charge in [-0.15, -0.1) is 12.4 Å². The van der Waals surface area contributed by atoms with E-state index >= 15 is 0 Å². The Balaban J connectivity index is 0.00000208. The molecule has 1 heterocycles. The summed E-state index contributed by atoms with van der Waals surface area (Å²) < 4.78 is 38.4. The zero-order chi connectivity index (χ0) is 16.3. The molecule has 1 aliphatic rings. The summed E-state index contributed by atoms with van der Waals surface area (Å²) in [5.74, 6) is 0. The molecule has 0 unspecified atom stereocenters. The molecule has 3 rings (SSSR count). The molecule has 128 valence electrons. The van der Waals surface area contributed by atoms with Crippen molar-refractivity contribution < 1.29 is 13.2 Å². The molecule has 0 aliphatic carbocycles. The van der Waals surface area contributed by atoms with Crippen molar-refractivity contribution >= 4 is 18.0 Å². The molecule has 1 aliphatic heterocycles. The molecular formula is C19H19ClF3N. The maximum atomic E-state index is 12.8. The van der Waals surface area contributed by atoms with Gasteiger partial charge in [0.2, 0.25) is 0 Å². The molecule has 0 amide bonds. The minimum absolute atomic E-state index is 0. The van der Waals surface area contributed by atoms with Gasteiger partial charge in [0.25, 0.3) is 0 Å². The standard InChI is InChI=1S/C19H18F3N.ClH/c20-19(21,22)18-8-4-7-17(13-18)16-9-11-23(12-10-16)14-15-5-2-1-3-6-15;/h1-9,13H,10-12,14H2;1H. The summed E-state index contributed by atoms with van der Waals surface area (Å²) in [5, 5.41) is 0. The van der Waals surface area contributed by atoms with Gasteiger partial charge in [0.1, 0.15) is 0 Å². The number of alkyl halides is 3. The first-order valence-corrected chi connectivity index (χ1v) is 7.65. The van der Waals surface area contributed by atoms with Crippen molar-refractivity contribution in [2.24, 2.45) is 0 Å². The van der Waals surface area contributed by atoms with E-state index in [0.717, 1.165) is 37.7 Å². The van der Waals surface area contributed by atoms with E-state index in [9.17, 15) is 13.2 Å². The average Bonchev–Trinajstić information content (AvgIpc) is 2.56. The molecule has 1 nitrogen and oxygen atoms in total. The van der Waals surface area contributed by atoms with Crippen LogP contribution in [0.1, 0.15) is 23.1 Å². The van der Waals surface area contributed by atoms with Crippen molar-refractivity contribution in [3.05, 3.63) is 77.4 Å². The van der Waals surface area contributed by atoms with E-state index in [4.69, 9.17) is 0 Å². The summed E-state index contributed by atoms with van der Waals surface area (Å²) in [5.41, 5.74) is 2.35. The van der Waals surface area contributed by atoms with Gasteiger partial charge in [-0.05, 0) is 35.3 Å². The molecular weight excluding hydrogens is 335 g/mol. The lowest BCUT2D eigenvalue weighted by molar-refractivity contribution is -0.137. The normalized spacial score (nSPS) is 15.5. The maximum absolute atomic E-state index is 12.8. The molecule has 0 spiro atoms. The zero-order valence-electron chi connectivity index (χ0n) is 13.1. The van der Waals surface area contributed by atoms with E-state index in [1.807, 2.05) is 24.3 Å². The molecule has 0 atom stereocenters. The second kappa shape index (κ2) is 7.86. The van der Waals surface area contributed by atoms with Crippen LogP contribution in [-0.2, 0) is 12.7 Å². The fraction of sp³-hybridized carbons (Fsp3) is 0.263. The lowest BCUT2D eigenvalue weighted by Crippen LogP contribution is -2.28. The van der Waals surface area contributed by atoms with Gasteiger partial charge < -0.3 is 0 Å². The van der Waals surface area contributed by atoms with E-state index < -0.39 is 11.7 Å². The summed E-state index contributed by atoms with van der Waals surface area (Å²) in [7, 11) is 0. The van der Waals surface area contributed by atoms with Crippen LogP contribution in [0.5, 0.6) is 0 Å². The van der Waals surface area contributed by atoms with Crippen molar-refractivity contribution in [3.63, 3.8) is 0 Å². The molecule has 5 heteroatoms. The third-order valence-electron chi connectivity index (χ3n) is 4.10. The summed E-state index contributed by atoms with van der Waals surface area (Å²) in [6, 6.07) is 15.8. The number of nitrogens with zero attached hydrogens (tertiary/aromatic N) is 1. The topological polar surface area (TPSA) is 3.24 Å². The number of halogens is 4. The average molecular weight is 354 g/mol.